The van der Waals surface area contributed by atoms with Crippen LogP contribution in [0.1, 0.15) is 33.6 Å². The van der Waals surface area contributed by atoms with Gasteiger partial charge in [0.1, 0.15) is 0 Å². The van der Waals surface area contributed by atoms with Gasteiger partial charge in [-0.2, -0.15) is 0 Å². The number of hydrogen-bond donors (Lipinski definition) is 1. The van der Waals surface area contributed by atoms with E-state index in [9.17, 15) is 9.59 Å². The monoisotopic (exact) mass is 253 g/mol. The van der Waals surface area contributed by atoms with Crippen LogP contribution in [0.4, 0.5) is 0 Å². The lowest BCUT2D eigenvalue weighted by Gasteiger charge is -2.36. The highest BCUT2D eigenvalue weighted by Crippen LogP contribution is 2.25. The fourth-order valence-electron chi connectivity index (χ4n) is 2.63. The molecule has 18 heavy (non-hydrogen) atoms. The molecule has 0 radical (unpaired) electrons. The van der Waals surface area contributed by atoms with Crippen LogP contribution in [0.2, 0.25) is 0 Å². The predicted octanol–water partition coefficient (Wildman–Crippen LogP) is 2.16. The Morgan fingerprint density at radius 2 is 2.11 bits per heavy atom. The molecule has 0 saturated carbocycles. The summed E-state index contributed by atoms with van der Waals surface area (Å²) in [5, 5.41) is 9.05. The Balaban J connectivity index is 2.57. The quantitative estimate of drug-likeness (QED) is 0.781. The summed E-state index contributed by atoms with van der Waals surface area (Å²) in [6.07, 6.45) is 1.26. The number of hydrogen-bond acceptors (Lipinski definition) is 2. The molecule has 0 spiro atoms. The van der Waals surface area contributed by atoms with Gasteiger partial charge in [-0.05, 0) is 25.7 Å². The summed E-state index contributed by atoms with van der Waals surface area (Å²) in [6, 6.07) is 0. The van der Waals surface area contributed by atoms with Gasteiger partial charge in [-0.25, -0.2) is 0 Å². The van der Waals surface area contributed by atoms with E-state index in [2.05, 4.69) is 6.58 Å². The van der Waals surface area contributed by atoms with Crippen molar-refractivity contribution in [2.24, 2.45) is 17.8 Å². The molecule has 1 saturated heterocycles. The van der Waals surface area contributed by atoms with E-state index in [-0.39, 0.29) is 23.7 Å². The van der Waals surface area contributed by atoms with Crippen molar-refractivity contribution in [1.29, 1.82) is 0 Å². The van der Waals surface area contributed by atoms with Crippen LogP contribution in [0.5, 0.6) is 0 Å². The molecule has 3 atom stereocenters. The average molecular weight is 253 g/mol. The lowest BCUT2D eigenvalue weighted by atomic mass is 9.86. The van der Waals surface area contributed by atoms with Gasteiger partial charge >= 0.3 is 5.97 Å². The molecule has 4 nitrogen and oxygen atoms in total. The van der Waals surface area contributed by atoms with Gasteiger partial charge in [-0.3, -0.25) is 9.59 Å². The van der Waals surface area contributed by atoms with Crippen LogP contribution in [0.15, 0.2) is 12.2 Å². The van der Waals surface area contributed by atoms with Crippen LogP contribution in [-0.4, -0.2) is 35.0 Å². The maximum Gasteiger partial charge on any atom is 0.306 e. The molecule has 1 N–H and O–H groups in total. The van der Waals surface area contributed by atoms with Crippen molar-refractivity contribution >= 4 is 11.9 Å². The number of allylic oxidation sites excluding steroid dienone is 1. The molecule has 4 heteroatoms. The van der Waals surface area contributed by atoms with Crippen molar-refractivity contribution in [1.82, 2.24) is 4.90 Å². The smallest absolute Gasteiger partial charge is 0.306 e. The van der Waals surface area contributed by atoms with Gasteiger partial charge in [0.05, 0.1) is 5.92 Å². The third-order valence-electron chi connectivity index (χ3n) is 3.61. The van der Waals surface area contributed by atoms with Gasteiger partial charge in [-0.15, -0.1) is 6.58 Å². The highest BCUT2D eigenvalue weighted by atomic mass is 16.4. The van der Waals surface area contributed by atoms with Crippen LogP contribution in [-0.2, 0) is 9.59 Å². The fourth-order valence-corrected chi connectivity index (χ4v) is 2.63. The first-order valence-electron chi connectivity index (χ1n) is 6.49. The van der Waals surface area contributed by atoms with Gasteiger partial charge in [0.15, 0.2) is 0 Å². The summed E-state index contributed by atoms with van der Waals surface area (Å²) in [5.74, 6) is -0.975. The summed E-state index contributed by atoms with van der Waals surface area (Å²) in [6.45, 7) is 10.7. The number of nitrogens with zero attached hydrogens (tertiary/aromatic N) is 1. The molecule has 0 aliphatic carbocycles. The predicted molar refractivity (Wildman–Crippen MR) is 70.1 cm³/mol. The second-order valence-electron chi connectivity index (χ2n) is 5.56. The third kappa shape index (κ3) is 3.59. The van der Waals surface area contributed by atoms with Crippen molar-refractivity contribution in [2.75, 3.05) is 13.1 Å². The van der Waals surface area contributed by atoms with E-state index in [0.717, 1.165) is 5.57 Å². The molecule has 102 valence electrons. The van der Waals surface area contributed by atoms with E-state index in [4.69, 9.17) is 5.11 Å². The summed E-state index contributed by atoms with van der Waals surface area (Å²) < 4.78 is 0. The number of aliphatic carboxylic acids is 1. The standard InChI is InChI=1S/C14H23NO3/c1-9(2)7-10(3)13(16)15-6-5-12(14(17)18)11(4)8-15/h10-12H,1,5-8H2,2-4H3,(H,17,18). The molecule has 1 rings (SSSR count). The first-order valence-corrected chi connectivity index (χ1v) is 6.49. The van der Waals surface area contributed by atoms with Crippen LogP contribution in [0, 0.1) is 17.8 Å². The third-order valence-corrected chi connectivity index (χ3v) is 3.61. The van der Waals surface area contributed by atoms with E-state index >= 15 is 0 Å². The second-order valence-corrected chi connectivity index (χ2v) is 5.56. The summed E-state index contributed by atoms with van der Waals surface area (Å²) in [4.78, 5) is 25.0. The Kier molecular flexibility index (Phi) is 4.93. The zero-order chi connectivity index (χ0) is 13.9. The molecule has 0 bridgehead atoms. The van der Waals surface area contributed by atoms with Gasteiger partial charge < -0.3 is 10.0 Å². The van der Waals surface area contributed by atoms with E-state index in [1.54, 1.807) is 4.90 Å². The van der Waals surface area contributed by atoms with Gasteiger partial charge in [0.25, 0.3) is 0 Å². The molecule has 1 aliphatic rings. The molecule has 1 amide bonds. The van der Waals surface area contributed by atoms with Gasteiger partial charge in [0, 0.05) is 19.0 Å². The Bertz CT molecular complexity index is 351. The molecule has 0 aromatic rings. The van der Waals surface area contributed by atoms with Crippen molar-refractivity contribution in [3.63, 3.8) is 0 Å². The minimum Gasteiger partial charge on any atom is -0.481 e. The number of carboxylic acids is 1. The van der Waals surface area contributed by atoms with Crippen LogP contribution in [0.25, 0.3) is 0 Å². The first-order chi connectivity index (χ1) is 8.32. The molecular formula is C14H23NO3. The molecular weight excluding hydrogens is 230 g/mol. The van der Waals surface area contributed by atoms with Gasteiger partial charge in [-0.1, -0.05) is 19.4 Å². The number of carbonyl (C=O) groups is 2. The molecule has 0 aromatic carbocycles. The Morgan fingerprint density at radius 3 is 2.56 bits per heavy atom. The SMILES string of the molecule is C=C(C)CC(C)C(=O)N1CCC(C(=O)O)C(C)C1. The fraction of sp³-hybridized carbons (Fsp3) is 0.714. The minimum atomic E-state index is -0.746. The van der Waals surface area contributed by atoms with E-state index < -0.39 is 5.97 Å². The summed E-state index contributed by atoms with van der Waals surface area (Å²) in [5.41, 5.74) is 1.00. The number of carboxylic acid groups (broad SMARTS) is 1. The largest absolute Gasteiger partial charge is 0.481 e. The molecule has 0 aromatic heterocycles. The van der Waals surface area contributed by atoms with Crippen LogP contribution in [0.3, 0.4) is 0 Å². The summed E-state index contributed by atoms with van der Waals surface area (Å²) >= 11 is 0. The average Bonchev–Trinajstić information content (AvgIpc) is 2.26. The number of carbonyl (C=O) groups excluding carboxylic acids is 1. The maximum atomic E-state index is 12.2. The van der Waals surface area contributed by atoms with Crippen LogP contribution >= 0.6 is 0 Å². The first kappa shape index (κ1) is 14.7. The topological polar surface area (TPSA) is 57.6 Å². The van der Waals surface area contributed by atoms with Gasteiger partial charge in [0.2, 0.25) is 5.91 Å². The maximum absolute atomic E-state index is 12.2. The minimum absolute atomic E-state index is 0.0252. The van der Waals surface area contributed by atoms with Crippen LogP contribution < -0.4 is 0 Å². The number of piperidine rings is 1. The van der Waals surface area contributed by atoms with Crippen molar-refractivity contribution < 1.29 is 14.7 Å². The zero-order valence-electron chi connectivity index (χ0n) is 11.5. The molecule has 1 fully saturated rings. The Labute approximate surface area is 109 Å². The van der Waals surface area contributed by atoms with E-state index in [1.807, 2.05) is 20.8 Å². The number of likely N-dealkylation sites (tertiary alicyclic amines) is 1. The normalized spacial score (nSPS) is 25.6. The zero-order valence-corrected chi connectivity index (χ0v) is 11.5. The lowest BCUT2D eigenvalue weighted by molar-refractivity contribution is -0.149. The highest BCUT2D eigenvalue weighted by molar-refractivity contribution is 5.79. The van der Waals surface area contributed by atoms with Crippen molar-refractivity contribution in [3.8, 4) is 0 Å². The number of rotatable bonds is 4. The Hall–Kier alpha value is -1.32. The van der Waals surface area contributed by atoms with Crippen molar-refractivity contribution in [3.05, 3.63) is 12.2 Å². The second kappa shape index (κ2) is 6.03. The van der Waals surface area contributed by atoms with E-state index in [0.29, 0.717) is 25.9 Å². The highest BCUT2D eigenvalue weighted by Gasteiger charge is 2.34. The van der Waals surface area contributed by atoms with E-state index in [1.165, 1.54) is 0 Å². The summed E-state index contributed by atoms with van der Waals surface area (Å²) in [7, 11) is 0. The van der Waals surface area contributed by atoms with Crippen molar-refractivity contribution in [2.45, 2.75) is 33.6 Å². The number of amides is 1. The Morgan fingerprint density at radius 1 is 1.50 bits per heavy atom. The molecule has 3 unspecified atom stereocenters. The molecule has 1 heterocycles. The molecule has 1 aliphatic heterocycles. The lowest BCUT2D eigenvalue weighted by Crippen LogP contribution is -2.46.